The van der Waals surface area contributed by atoms with E-state index >= 15 is 0 Å². The molecule has 0 unspecified atom stereocenters. The molecule has 2 heterocycles. The molecule has 2 aromatic heterocycles. The van der Waals surface area contributed by atoms with Crippen LogP contribution in [0.2, 0.25) is 0 Å². The molecule has 2 aromatic carbocycles. The lowest BCUT2D eigenvalue weighted by molar-refractivity contribution is -0.137. The minimum absolute atomic E-state index is 0.0147. The van der Waals surface area contributed by atoms with Gasteiger partial charge in [0.25, 0.3) is 5.91 Å². The van der Waals surface area contributed by atoms with Gasteiger partial charge in [0.15, 0.2) is 17.3 Å². The number of carbonyl (C=O) groups excluding carboxylic acids is 1. The number of benzene rings is 2. The molecule has 0 aliphatic heterocycles. The Morgan fingerprint density at radius 1 is 1.06 bits per heavy atom. The Bertz CT molecular complexity index is 1340. The number of alkyl halides is 3. The van der Waals surface area contributed by atoms with E-state index in [0.29, 0.717) is 5.76 Å². The predicted molar refractivity (Wildman–Crippen MR) is 112 cm³/mol. The van der Waals surface area contributed by atoms with Crippen molar-refractivity contribution in [2.45, 2.75) is 12.7 Å². The van der Waals surface area contributed by atoms with Crippen LogP contribution in [0, 0.1) is 0 Å². The Labute approximate surface area is 185 Å². The minimum atomic E-state index is -4.51. The number of nitrogens with zero attached hydrogens (tertiary/aromatic N) is 4. The molecule has 33 heavy (non-hydrogen) atoms. The molecule has 0 saturated heterocycles. The zero-order valence-electron chi connectivity index (χ0n) is 17.3. The summed E-state index contributed by atoms with van der Waals surface area (Å²) in [6, 6.07) is 15.2. The molecule has 4 aromatic rings. The molecular weight excluding hydrogens is 439 g/mol. The van der Waals surface area contributed by atoms with Gasteiger partial charge in [-0.05, 0) is 12.1 Å². The molecule has 11 heteroatoms. The van der Waals surface area contributed by atoms with Gasteiger partial charge in [0, 0.05) is 30.8 Å². The maximum absolute atomic E-state index is 13.0. The molecule has 170 valence electrons. The zero-order chi connectivity index (χ0) is 23.6. The molecule has 1 N–H and O–H groups in total. The van der Waals surface area contributed by atoms with Gasteiger partial charge >= 0.3 is 11.9 Å². The van der Waals surface area contributed by atoms with E-state index < -0.39 is 23.3 Å². The molecule has 0 aliphatic carbocycles. The summed E-state index contributed by atoms with van der Waals surface area (Å²) >= 11 is 0. The highest BCUT2D eigenvalue weighted by Gasteiger charge is 2.31. The van der Waals surface area contributed by atoms with Gasteiger partial charge < -0.3 is 9.84 Å². The van der Waals surface area contributed by atoms with Gasteiger partial charge in [-0.1, -0.05) is 47.6 Å². The summed E-state index contributed by atoms with van der Waals surface area (Å²) in [6.45, 7) is 0.0616. The Morgan fingerprint density at radius 2 is 1.79 bits per heavy atom. The lowest BCUT2D eigenvalue weighted by Crippen LogP contribution is -2.31. The third-order valence-electron chi connectivity index (χ3n) is 4.90. The van der Waals surface area contributed by atoms with Crippen LogP contribution in [0.15, 0.2) is 70.0 Å². The van der Waals surface area contributed by atoms with Crippen LogP contribution in [0.1, 0.15) is 16.1 Å². The third-order valence-corrected chi connectivity index (χ3v) is 4.90. The lowest BCUT2D eigenvalue weighted by atomic mass is 10.1. The normalized spacial score (nSPS) is 11.5. The van der Waals surface area contributed by atoms with Gasteiger partial charge in [-0.2, -0.15) is 13.2 Å². The van der Waals surface area contributed by atoms with Crippen molar-refractivity contribution in [1.29, 1.82) is 0 Å². The van der Waals surface area contributed by atoms with E-state index in [4.69, 9.17) is 4.52 Å². The van der Waals surface area contributed by atoms with Gasteiger partial charge in [0.1, 0.15) is 0 Å². The fraction of sp³-hybridized carbons (Fsp3) is 0.182. The van der Waals surface area contributed by atoms with Gasteiger partial charge in [0.05, 0.1) is 12.1 Å². The molecule has 8 nitrogen and oxygen atoms in total. The van der Waals surface area contributed by atoms with Crippen molar-refractivity contribution in [1.82, 2.24) is 24.8 Å². The second-order valence-electron chi connectivity index (χ2n) is 7.17. The molecule has 0 bridgehead atoms. The topological polar surface area (TPSA) is 95.0 Å². The molecule has 0 atom stereocenters. The first-order valence-corrected chi connectivity index (χ1v) is 9.86. The summed E-state index contributed by atoms with van der Waals surface area (Å²) in [4.78, 5) is 24.8. The van der Waals surface area contributed by atoms with Gasteiger partial charge in [-0.15, -0.1) is 5.10 Å². The number of amides is 1. The standard InChI is InChI=1S/C22H18F3N5O3/c1-29-19(15-8-5-9-16(12-15)22(23,24)25)27-30(21(29)32)11-10-26-20(31)17-13-18(33-28-17)14-6-3-2-4-7-14/h2-9,12-13H,10-11H2,1H3,(H,26,31). The fourth-order valence-electron chi connectivity index (χ4n) is 3.21. The maximum Gasteiger partial charge on any atom is 0.416 e. The van der Waals surface area contributed by atoms with E-state index in [-0.39, 0.29) is 30.2 Å². The van der Waals surface area contributed by atoms with Crippen molar-refractivity contribution in [2.75, 3.05) is 6.54 Å². The number of nitrogens with one attached hydrogen (secondary N) is 1. The average Bonchev–Trinajstić information content (AvgIpc) is 3.40. The van der Waals surface area contributed by atoms with Crippen molar-refractivity contribution < 1.29 is 22.5 Å². The highest BCUT2D eigenvalue weighted by molar-refractivity contribution is 5.93. The van der Waals surface area contributed by atoms with Gasteiger partial charge in [-0.3, -0.25) is 9.36 Å². The number of halogens is 3. The van der Waals surface area contributed by atoms with Crippen molar-refractivity contribution in [3.8, 4) is 22.7 Å². The number of aromatic nitrogens is 4. The lowest BCUT2D eigenvalue weighted by Gasteiger charge is -2.07. The number of carbonyl (C=O) groups is 1. The average molecular weight is 457 g/mol. The van der Waals surface area contributed by atoms with Crippen LogP contribution < -0.4 is 11.0 Å². The minimum Gasteiger partial charge on any atom is -0.355 e. The summed E-state index contributed by atoms with van der Waals surface area (Å²) < 4.78 is 46.4. The quantitative estimate of drug-likeness (QED) is 0.479. The van der Waals surface area contributed by atoms with Crippen LogP contribution in [-0.2, 0) is 19.8 Å². The molecule has 0 spiro atoms. The van der Waals surface area contributed by atoms with E-state index in [1.807, 2.05) is 30.3 Å². The van der Waals surface area contributed by atoms with Crippen molar-refractivity contribution >= 4 is 5.91 Å². The zero-order valence-corrected chi connectivity index (χ0v) is 17.3. The predicted octanol–water partition coefficient (Wildman–Crippen LogP) is 3.35. The SMILES string of the molecule is Cn1c(-c2cccc(C(F)(F)F)c2)nn(CCNC(=O)c2cc(-c3ccccc3)on2)c1=O. The van der Waals surface area contributed by atoms with Crippen LogP contribution in [0.3, 0.4) is 0 Å². The van der Waals surface area contributed by atoms with E-state index in [1.54, 1.807) is 0 Å². The van der Waals surface area contributed by atoms with Gasteiger partial charge in [0.2, 0.25) is 0 Å². The first-order chi connectivity index (χ1) is 15.7. The number of hydrogen-bond donors (Lipinski definition) is 1. The largest absolute Gasteiger partial charge is 0.416 e. The number of hydrogen-bond acceptors (Lipinski definition) is 5. The molecule has 0 saturated carbocycles. The maximum atomic E-state index is 13.0. The van der Waals surface area contributed by atoms with Crippen LogP contribution in [0.4, 0.5) is 13.2 Å². The first-order valence-electron chi connectivity index (χ1n) is 9.86. The van der Waals surface area contributed by atoms with Crippen molar-refractivity contribution in [2.24, 2.45) is 7.05 Å². The molecule has 1 amide bonds. The van der Waals surface area contributed by atoms with E-state index in [1.165, 1.54) is 25.2 Å². The van der Waals surface area contributed by atoms with E-state index in [2.05, 4.69) is 15.6 Å². The van der Waals surface area contributed by atoms with Crippen LogP contribution >= 0.6 is 0 Å². The molecule has 0 radical (unpaired) electrons. The fourth-order valence-corrected chi connectivity index (χ4v) is 3.21. The summed E-state index contributed by atoms with van der Waals surface area (Å²) in [5, 5.41) is 10.5. The van der Waals surface area contributed by atoms with Crippen LogP contribution in [0.5, 0.6) is 0 Å². The van der Waals surface area contributed by atoms with Crippen LogP contribution in [0.25, 0.3) is 22.7 Å². The van der Waals surface area contributed by atoms with E-state index in [0.717, 1.165) is 26.9 Å². The van der Waals surface area contributed by atoms with Gasteiger partial charge in [-0.25, -0.2) is 9.48 Å². The molecule has 0 aliphatic rings. The van der Waals surface area contributed by atoms with Crippen molar-refractivity contribution in [3.05, 3.63) is 82.4 Å². The Kier molecular flexibility index (Phi) is 5.86. The summed E-state index contributed by atoms with van der Waals surface area (Å²) in [5.74, 6) is 0.0249. The number of rotatable bonds is 6. The monoisotopic (exact) mass is 457 g/mol. The Balaban J connectivity index is 1.43. The molecule has 0 fully saturated rings. The third kappa shape index (κ3) is 4.71. The summed E-state index contributed by atoms with van der Waals surface area (Å²) in [6.07, 6.45) is -4.51. The summed E-state index contributed by atoms with van der Waals surface area (Å²) in [7, 11) is 1.42. The van der Waals surface area contributed by atoms with Crippen LogP contribution in [-0.4, -0.2) is 32.0 Å². The highest BCUT2D eigenvalue weighted by atomic mass is 19.4. The highest BCUT2D eigenvalue weighted by Crippen LogP contribution is 2.31. The second kappa shape index (κ2) is 8.77. The Hall–Kier alpha value is -4.15. The van der Waals surface area contributed by atoms with E-state index in [9.17, 15) is 22.8 Å². The van der Waals surface area contributed by atoms with Crippen molar-refractivity contribution in [3.63, 3.8) is 0 Å². The molecular formula is C22H18F3N5O3. The second-order valence-corrected chi connectivity index (χ2v) is 7.17. The smallest absolute Gasteiger partial charge is 0.355 e. The molecule has 4 rings (SSSR count). The summed E-state index contributed by atoms with van der Waals surface area (Å²) in [5.41, 5.74) is -0.359. The first kappa shape index (κ1) is 22.1. The Morgan fingerprint density at radius 3 is 2.52 bits per heavy atom.